The number of nitrogens with zero attached hydrogens (tertiary/aromatic N) is 3. The van der Waals surface area contributed by atoms with E-state index in [9.17, 15) is 8.42 Å². The zero-order chi connectivity index (χ0) is 17.6. The van der Waals surface area contributed by atoms with Gasteiger partial charge in [0, 0.05) is 48.4 Å². The molecule has 25 heavy (non-hydrogen) atoms. The first kappa shape index (κ1) is 17.1. The summed E-state index contributed by atoms with van der Waals surface area (Å²) in [5.74, 6) is 0.577. The predicted molar refractivity (Wildman–Crippen MR) is 102 cm³/mol. The molecular weight excluding hydrogens is 354 g/mol. The number of hydrogen-bond acceptors (Lipinski definition) is 6. The molecule has 2 saturated heterocycles. The molecule has 5 nitrogen and oxygen atoms in total. The van der Waals surface area contributed by atoms with E-state index in [4.69, 9.17) is 0 Å². The fourth-order valence-corrected chi connectivity index (χ4v) is 7.03. The van der Waals surface area contributed by atoms with Gasteiger partial charge in [-0.3, -0.25) is 9.80 Å². The second kappa shape index (κ2) is 6.46. The Bertz CT molecular complexity index is 878. The van der Waals surface area contributed by atoms with E-state index in [2.05, 4.69) is 33.8 Å². The van der Waals surface area contributed by atoms with Gasteiger partial charge in [0.1, 0.15) is 5.01 Å². The number of fused-ring (bicyclic) bond motifs is 1. The lowest BCUT2D eigenvalue weighted by Crippen LogP contribution is -2.57. The lowest BCUT2D eigenvalue weighted by atomic mass is 10.1. The standard InChI is InChI=1S/C18H23N3O2S2/c1-13-5-3-4-6-15(13)18-19-9-14(24-18)10-21-8-7-20(2)16-11-25(22,23)12-17(16)21/h3-6,9,16-17H,7-8,10-12H2,1-2H3/t16-,17+/m0/s1. The summed E-state index contributed by atoms with van der Waals surface area (Å²) in [6.07, 6.45) is 1.95. The van der Waals surface area contributed by atoms with Gasteiger partial charge in [-0.1, -0.05) is 24.3 Å². The summed E-state index contributed by atoms with van der Waals surface area (Å²) in [6.45, 7) is 4.71. The van der Waals surface area contributed by atoms with Crippen molar-refractivity contribution in [2.24, 2.45) is 0 Å². The molecule has 2 aliphatic rings. The van der Waals surface area contributed by atoms with Crippen molar-refractivity contribution in [1.29, 1.82) is 0 Å². The Morgan fingerprint density at radius 2 is 1.96 bits per heavy atom. The zero-order valence-electron chi connectivity index (χ0n) is 14.6. The van der Waals surface area contributed by atoms with Crippen LogP contribution in [-0.4, -0.2) is 66.9 Å². The maximum absolute atomic E-state index is 12.1. The van der Waals surface area contributed by atoms with Crippen LogP contribution in [0.15, 0.2) is 30.5 Å². The van der Waals surface area contributed by atoms with Gasteiger partial charge in [-0.2, -0.15) is 0 Å². The number of piperazine rings is 1. The summed E-state index contributed by atoms with van der Waals surface area (Å²) >= 11 is 1.71. The molecule has 0 N–H and O–H groups in total. The Balaban J connectivity index is 1.54. The molecule has 4 rings (SSSR count). The number of aromatic nitrogens is 1. The van der Waals surface area contributed by atoms with E-state index in [0.29, 0.717) is 5.75 Å². The van der Waals surface area contributed by atoms with Crippen LogP contribution in [0.4, 0.5) is 0 Å². The van der Waals surface area contributed by atoms with Crippen molar-refractivity contribution >= 4 is 21.2 Å². The summed E-state index contributed by atoms with van der Waals surface area (Å²) in [4.78, 5) is 10.3. The summed E-state index contributed by atoms with van der Waals surface area (Å²) in [5, 5.41) is 1.04. The van der Waals surface area contributed by atoms with Gasteiger partial charge in [0.15, 0.2) is 9.84 Å². The number of aryl methyl sites for hydroxylation is 1. The summed E-state index contributed by atoms with van der Waals surface area (Å²) in [7, 11) is -0.885. The second-order valence-corrected chi connectivity index (χ2v) is 10.4. The maximum atomic E-state index is 12.1. The highest BCUT2D eigenvalue weighted by molar-refractivity contribution is 7.91. The molecule has 2 atom stereocenters. The fourth-order valence-electron chi connectivity index (χ4n) is 3.91. The molecule has 2 aromatic rings. The van der Waals surface area contributed by atoms with Crippen LogP contribution in [0.5, 0.6) is 0 Å². The van der Waals surface area contributed by atoms with E-state index in [0.717, 1.165) is 24.6 Å². The van der Waals surface area contributed by atoms with Crippen LogP contribution in [0.2, 0.25) is 0 Å². The van der Waals surface area contributed by atoms with Crippen molar-refractivity contribution in [3.8, 4) is 10.6 Å². The van der Waals surface area contributed by atoms with E-state index in [1.165, 1.54) is 16.0 Å². The van der Waals surface area contributed by atoms with Gasteiger partial charge in [-0.15, -0.1) is 11.3 Å². The molecule has 0 bridgehead atoms. The average molecular weight is 378 g/mol. The molecule has 1 aromatic carbocycles. The highest BCUT2D eigenvalue weighted by Gasteiger charge is 2.45. The molecule has 134 valence electrons. The van der Waals surface area contributed by atoms with E-state index >= 15 is 0 Å². The van der Waals surface area contributed by atoms with E-state index in [1.54, 1.807) is 11.3 Å². The minimum Gasteiger partial charge on any atom is -0.300 e. The lowest BCUT2D eigenvalue weighted by Gasteiger charge is -2.42. The van der Waals surface area contributed by atoms with Crippen LogP contribution in [0.25, 0.3) is 10.6 Å². The molecule has 0 amide bonds. The Hall–Kier alpha value is -1.28. The minimum atomic E-state index is -2.93. The van der Waals surface area contributed by atoms with E-state index in [-0.39, 0.29) is 17.8 Å². The summed E-state index contributed by atoms with van der Waals surface area (Å²) in [5.41, 5.74) is 2.41. The van der Waals surface area contributed by atoms with Crippen LogP contribution in [0, 0.1) is 6.92 Å². The van der Waals surface area contributed by atoms with E-state index in [1.807, 2.05) is 25.4 Å². The highest BCUT2D eigenvalue weighted by Crippen LogP contribution is 2.31. The van der Waals surface area contributed by atoms with Gasteiger partial charge in [0.05, 0.1) is 11.5 Å². The van der Waals surface area contributed by atoms with Crippen LogP contribution in [0.1, 0.15) is 10.4 Å². The van der Waals surface area contributed by atoms with Crippen LogP contribution in [-0.2, 0) is 16.4 Å². The molecule has 0 radical (unpaired) electrons. The minimum absolute atomic E-state index is 0.104. The summed E-state index contributed by atoms with van der Waals surface area (Å²) in [6, 6.07) is 8.52. The molecule has 0 saturated carbocycles. The number of hydrogen-bond donors (Lipinski definition) is 0. The normalized spacial score (nSPS) is 26.6. The molecule has 7 heteroatoms. The molecule has 0 spiro atoms. The Labute approximate surface area is 153 Å². The van der Waals surface area contributed by atoms with Crippen molar-refractivity contribution in [1.82, 2.24) is 14.8 Å². The number of rotatable bonds is 3. The van der Waals surface area contributed by atoms with Crippen LogP contribution in [0.3, 0.4) is 0 Å². The maximum Gasteiger partial charge on any atom is 0.153 e. The second-order valence-electron chi connectivity index (χ2n) is 7.11. The zero-order valence-corrected chi connectivity index (χ0v) is 16.2. The van der Waals surface area contributed by atoms with Gasteiger partial charge >= 0.3 is 0 Å². The monoisotopic (exact) mass is 377 g/mol. The smallest absolute Gasteiger partial charge is 0.153 e. The third kappa shape index (κ3) is 3.38. The van der Waals surface area contributed by atoms with Gasteiger partial charge in [0.2, 0.25) is 0 Å². The number of thiazole rings is 1. The number of sulfone groups is 1. The largest absolute Gasteiger partial charge is 0.300 e. The van der Waals surface area contributed by atoms with Crippen molar-refractivity contribution in [3.05, 3.63) is 40.9 Å². The van der Waals surface area contributed by atoms with Crippen molar-refractivity contribution in [3.63, 3.8) is 0 Å². The predicted octanol–water partition coefficient (Wildman–Crippen LogP) is 2.03. The summed E-state index contributed by atoms with van der Waals surface area (Å²) < 4.78 is 24.2. The van der Waals surface area contributed by atoms with Gasteiger partial charge < -0.3 is 0 Å². The molecule has 2 fully saturated rings. The number of benzene rings is 1. The van der Waals surface area contributed by atoms with Gasteiger partial charge in [0.25, 0.3) is 0 Å². The average Bonchev–Trinajstić information content (AvgIpc) is 3.15. The Kier molecular flexibility index (Phi) is 4.43. The van der Waals surface area contributed by atoms with Crippen LogP contribution < -0.4 is 0 Å². The fraction of sp³-hybridized carbons (Fsp3) is 0.500. The first-order chi connectivity index (χ1) is 11.9. The van der Waals surface area contributed by atoms with Crippen LogP contribution >= 0.6 is 11.3 Å². The molecule has 2 aliphatic heterocycles. The molecule has 0 unspecified atom stereocenters. The first-order valence-electron chi connectivity index (χ1n) is 8.58. The first-order valence-corrected chi connectivity index (χ1v) is 11.2. The third-order valence-corrected chi connectivity index (χ3v) is 8.07. The highest BCUT2D eigenvalue weighted by atomic mass is 32.2. The van der Waals surface area contributed by atoms with Gasteiger partial charge in [-0.25, -0.2) is 13.4 Å². The topological polar surface area (TPSA) is 53.5 Å². The Morgan fingerprint density at radius 3 is 2.76 bits per heavy atom. The molecule has 1 aromatic heterocycles. The molecule has 0 aliphatic carbocycles. The van der Waals surface area contributed by atoms with Crippen molar-refractivity contribution in [2.45, 2.75) is 25.6 Å². The van der Waals surface area contributed by atoms with E-state index < -0.39 is 9.84 Å². The SMILES string of the molecule is Cc1ccccc1-c1ncc(CN2CCN(C)[C@H]3CS(=O)(=O)C[C@H]32)s1. The lowest BCUT2D eigenvalue weighted by molar-refractivity contribution is 0.0580. The third-order valence-electron chi connectivity index (χ3n) is 5.36. The van der Waals surface area contributed by atoms with Crippen molar-refractivity contribution in [2.75, 3.05) is 31.6 Å². The molecular formula is C18H23N3O2S2. The van der Waals surface area contributed by atoms with Gasteiger partial charge in [-0.05, 0) is 19.5 Å². The quantitative estimate of drug-likeness (QED) is 0.819. The number of likely N-dealkylation sites (N-methyl/N-ethyl adjacent to an activating group) is 1. The Morgan fingerprint density at radius 1 is 1.20 bits per heavy atom. The van der Waals surface area contributed by atoms with Crippen molar-refractivity contribution < 1.29 is 8.42 Å². The molecule has 3 heterocycles.